The molecular weight excluding hydrogens is 267 g/mol. The van der Waals surface area contributed by atoms with Crippen molar-refractivity contribution in [3.05, 3.63) is 69.5 Å². The zero-order chi connectivity index (χ0) is 13.4. The average Bonchev–Trinajstić information content (AvgIpc) is 2.85. The summed E-state index contributed by atoms with van der Waals surface area (Å²) in [5, 5.41) is 0.274. The van der Waals surface area contributed by atoms with Crippen molar-refractivity contribution >= 4 is 17.4 Å². The monoisotopic (exact) mass is 276 g/mol. The maximum Gasteiger partial charge on any atom is 0.195 e. The molecule has 4 heteroatoms. The minimum Gasteiger partial charge on any atom is -0.372 e. The fraction of sp³-hybridized carbons (Fsp3) is 0.133. The van der Waals surface area contributed by atoms with Gasteiger partial charge in [0.05, 0.1) is 18.8 Å². The number of halogens is 2. The van der Waals surface area contributed by atoms with E-state index in [0.29, 0.717) is 18.8 Å². The molecule has 0 radical (unpaired) electrons. The van der Waals surface area contributed by atoms with Gasteiger partial charge in [-0.2, -0.15) is 0 Å². The van der Waals surface area contributed by atoms with Crippen LogP contribution in [0.1, 0.15) is 27.0 Å². The van der Waals surface area contributed by atoms with Crippen LogP contribution in [0.25, 0.3) is 0 Å². The molecule has 2 aromatic rings. The summed E-state index contributed by atoms with van der Waals surface area (Å²) in [6.45, 7) is 1.07. The first-order chi connectivity index (χ1) is 9.15. The van der Waals surface area contributed by atoms with Crippen LogP contribution in [0, 0.1) is 5.82 Å². The standard InChI is InChI=1S/C15H10ClFO2/c16-12-3-4-13(14(17)6-12)15(18)9-1-2-10-7-19-8-11(10)5-9/h1-6H,7-8H2. The van der Waals surface area contributed by atoms with E-state index in [2.05, 4.69) is 0 Å². The molecule has 0 fully saturated rings. The van der Waals surface area contributed by atoms with E-state index >= 15 is 0 Å². The van der Waals surface area contributed by atoms with Gasteiger partial charge in [0.25, 0.3) is 0 Å². The summed E-state index contributed by atoms with van der Waals surface area (Å²) in [5.41, 5.74) is 2.56. The van der Waals surface area contributed by atoms with Crippen LogP contribution in [-0.4, -0.2) is 5.78 Å². The molecule has 1 aliphatic heterocycles. The first kappa shape index (κ1) is 12.3. The van der Waals surface area contributed by atoms with Crippen LogP contribution >= 0.6 is 11.6 Å². The van der Waals surface area contributed by atoms with E-state index in [1.807, 2.05) is 6.07 Å². The Labute approximate surface area is 114 Å². The summed E-state index contributed by atoms with van der Waals surface area (Å²) in [5.74, 6) is -0.946. The van der Waals surface area contributed by atoms with Crippen molar-refractivity contribution in [1.82, 2.24) is 0 Å². The van der Waals surface area contributed by atoms with Gasteiger partial charge in [-0.3, -0.25) is 4.79 Å². The van der Waals surface area contributed by atoms with Crippen LogP contribution in [-0.2, 0) is 18.0 Å². The molecule has 96 valence electrons. The summed E-state index contributed by atoms with van der Waals surface area (Å²) in [4.78, 5) is 12.3. The summed E-state index contributed by atoms with van der Waals surface area (Å²) >= 11 is 5.68. The SMILES string of the molecule is O=C(c1ccc2c(c1)COC2)c1ccc(Cl)cc1F. The van der Waals surface area contributed by atoms with Crippen LogP contribution in [0.2, 0.25) is 5.02 Å². The fourth-order valence-corrected chi connectivity index (χ4v) is 2.30. The minimum absolute atomic E-state index is 0.0308. The zero-order valence-corrected chi connectivity index (χ0v) is 10.7. The molecule has 0 atom stereocenters. The highest BCUT2D eigenvalue weighted by molar-refractivity contribution is 6.30. The number of benzene rings is 2. The topological polar surface area (TPSA) is 26.3 Å². The smallest absolute Gasteiger partial charge is 0.195 e. The average molecular weight is 277 g/mol. The lowest BCUT2D eigenvalue weighted by atomic mass is 9.99. The minimum atomic E-state index is -0.603. The lowest BCUT2D eigenvalue weighted by Crippen LogP contribution is -2.05. The second kappa shape index (κ2) is 4.76. The Morgan fingerprint density at radius 3 is 2.68 bits per heavy atom. The fourth-order valence-electron chi connectivity index (χ4n) is 2.14. The van der Waals surface area contributed by atoms with Crippen molar-refractivity contribution in [1.29, 1.82) is 0 Å². The largest absolute Gasteiger partial charge is 0.372 e. The van der Waals surface area contributed by atoms with E-state index in [0.717, 1.165) is 17.2 Å². The first-order valence-corrected chi connectivity index (χ1v) is 6.22. The van der Waals surface area contributed by atoms with Crippen molar-refractivity contribution in [2.24, 2.45) is 0 Å². The molecule has 0 spiro atoms. The number of fused-ring (bicyclic) bond motifs is 1. The van der Waals surface area contributed by atoms with Crippen LogP contribution in [0.15, 0.2) is 36.4 Å². The maximum absolute atomic E-state index is 13.7. The molecule has 0 aliphatic carbocycles. The quantitative estimate of drug-likeness (QED) is 0.781. The lowest BCUT2D eigenvalue weighted by Gasteiger charge is -2.05. The van der Waals surface area contributed by atoms with Crippen LogP contribution in [0.5, 0.6) is 0 Å². The van der Waals surface area contributed by atoms with Gasteiger partial charge in [-0.25, -0.2) is 4.39 Å². The zero-order valence-electron chi connectivity index (χ0n) is 9.95. The van der Waals surface area contributed by atoms with E-state index in [9.17, 15) is 9.18 Å². The Kier molecular flexibility index (Phi) is 3.09. The molecular formula is C15H10ClFO2. The molecule has 1 heterocycles. The molecule has 0 saturated carbocycles. The lowest BCUT2D eigenvalue weighted by molar-refractivity contribution is 0.103. The predicted molar refractivity (Wildman–Crippen MR) is 69.8 cm³/mol. The molecule has 0 N–H and O–H groups in total. The molecule has 0 aromatic heterocycles. The molecule has 2 aromatic carbocycles. The molecule has 0 bridgehead atoms. The summed E-state index contributed by atoms with van der Waals surface area (Å²) in [6, 6.07) is 9.37. The Morgan fingerprint density at radius 2 is 1.89 bits per heavy atom. The van der Waals surface area contributed by atoms with Crippen molar-refractivity contribution in [2.45, 2.75) is 13.2 Å². The third-order valence-electron chi connectivity index (χ3n) is 3.16. The number of hydrogen-bond acceptors (Lipinski definition) is 2. The molecule has 19 heavy (non-hydrogen) atoms. The Balaban J connectivity index is 2.00. The van der Waals surface area contributed by atoms with Gasteiger partial charge < -0.3 is 4.74 Å². The van der Waals surface area contributed by atoms with Crippen molar-refractivity contribution < 1.29 is 13.9 Å². The van der Waals surface area contributed by atoms with E-state index < -0.39 is 5.82 Å². The van der Waals surface area contributed by atoms with Crippen LogP contribution in [0.4, 0.5) is 4.39 Å². The first-order valence-electron chi connectivity index (χ1n) is 5.84. The Hall–Kier alpha value is -1.71. The van der Waals surface area contributed by atoms with E-state index in [1.54, 1.807) is 12.1 Å². The van der Waals surface area contributed by atoms with Gasteiger partial charge in [-0.1, -0.05) is 23.7 Å². The number of ketones is 1. The molecule has 0 unspecified atom stereocenters. The van der Waals surface area contributed by atoms with Gasteiger partial charge in [0.1, 0.15) is 5.82 Å². The predicted octanol–water partition coefficient (Wildman–Crippen LogP) is 3.74. The van der Waals surface area contributed by atoms with E-state index in [-0.39, 0.29) is 16.4 Å². The second-order valence-corrected chi connectivity index (χ2v) is 4.87. The molecule has 3 rings (SSSR count). The van der Waals surface area contributed by atoms with E-state index in [1.165, 1.54) is 12.1 Å². The Bertz CT molecular complexity index is 667. The molecule has 2 nitrogen and oxygen atoms in total. The summed E-state index contributed by atoms with van der Waals surface area (Å²) in [6.07, 6.45) is 0. The number of hydrogen-bond donors (Lipinski definition) is 0. The van der Waals surface area contributed by atoms with Crippen molar-refractivity contribution in [3.8, 4) is 0 Å². The van der Waals surface area contributed by atoms with Gasteiger partial charge in [-0.15, -0.1) is 0 Å². The van der Waals surface area contributed by atoms with Gasteiger partial charge >= 0.3 is 0 Å². The maximum atomic E-state index is 13.7. The summed E-state index contributed by atoms with van der Waals surface area (Å²) < 4.78 is 19.0. The van der Waals surface area contributed by atoms with Crippen LogP contribution in [0.3, 0.4) is 0 Å². The highest BCUT2D eigenvalue weighted by Gasteiger charge is 2.17. The van der Waals surface area contributed by atoms with Gasteiger partial charge in [0, 0.05) is 10.6 Å². The van der Waals surface area contributed by atoms with Crippen molar-refractivity contribution in [2.75, 3.05) is 0 Å². The Morgan fingerprint density at radius 1 is 1.11 bits per heavy atom. The highest BCUT2D eigenvalue weighted by Crippen LogP contribution is 2.23. The van der Waals surface area contributed by atoms with Gasteiger partial charge in [0.2, 0.25) is 0 Å². The molecule has 1 aliphatic rings. The van der Waals surface area contributed by atoms with Gasteiger partial charge in [-0.05, 0) is 35.4 Å². The van der Waals surface area contributed by atoms with Gasteiger partial charge in [0.15, 0.2) is 5.78 Å². The van der Waals surface area contributed by atoms with E-state index in [4.69, 9.17) is 16.3 Å². The second-order valence-electron chi connectivity index (χ2n) is 4.43. The molecule has 0 amide bonds. The summed E-state index contributed by atoms with van der Waals surface area (Å²) in [7, 11) is 0. The highest BCUT2D eigenvalue weighted by atomic mass is 35.5. The van der Waals surface area contributed by atoms with Crippen molar-refractivity contribution in [3.63, 3.8) is 0 Å². The van der Waals surface area contributed by atoms with Crippen LogP contribution < -0.4 is 0 Å². The number of carbonyl (C=O) groups excluding carboxylic acids is 1. The third kappa shape index (κ3) is 2.27. The number of ether oxygens (including phenoxy) is 1. The third-order valence-corrected chi connectivity index (χ3v) is 3.39. The number of rotatable bonds is 2. The number of carbonyl (C=O) groups is 1. The molecule has 0 saturated heterocycles. The normalized spacial score (nSPS) is 13.4.